The Hall–Kier alpha value is -3.73. The Balaban J connectivity index is 1.62. The summed E-state index contributed by atoms with van der Waals surface area (Å²) in [7, 11) is 0. The monoisotopic (exact) mass is 408 g/mol. The van der Waals surface area contributed by atoms with Crippen LogP contribution in [0.1, 0.15) is 31.9 Å². The van der Waals surface area contributed by atoms with Crippen molar-refractivity contribution < 1.29 is 4.74 Å². The van der Waals surface area contributed by atoms with Gasteiger partial charge in [-0.3, -0.25) is 0 Å². The lowest BCUT2D eigenvalue weighted by Crippen LogP contribution is -2.10. The molecular weight excluding hydrogens is 384 g/mol. The molecule has 0 bridgehead atoms. The van der Waals surface area contributed by atoms with Crippen molar-refractivity contribution in [3.05, 3.63) is 90.0 Å². The van der Waals surface area contributed by atoms with Crippen LogP contribution in [0.25, 0.3) is 27.7 Å². The summed E-state index contributed by atoms with van der Waals surface area (Å²) < 4.78 is 7.97. The normalized spacial score (nSPS) is 11.8. The standard InChI is InChI=1S/C26H24N4O/c1-26(2,3)20-11-9-19(10-12-20)21-13-15-23(31-17-18-7-5-4-6-8-18)25-22(21)14-16-24-27-28-29-30(24)25/h4-16H,17H2,1-3H3. The van der Waals surface area contributed by atoms with E-state index in [1.54, 1.807) is 4.52 Å². The summed E-state index contributed by atoms with van der Waals surface area (Å²) in [5, 5.41) is 13.2. The van der Waals surface area contributed by atoms with Gasteiger partial charge in [0.25, 0.3) is 0 Å². The molecule has 2 aromatic heterocycles. The topological polar surface area (TPSA) is 52.3 Å². The minimum absolute atomic E-state index is 0.119. The van der Waals surface area contributed by atoms with Crippen LogP contribution >= 0.6 is 0 Å². The quantitative estimate of drug-likeness (QED) is 0.376. The highest BCUT2D eigenvalue weighted by molar-refractivity contribution is 5.99. The molecule has 0 saturated heterocycles. The molecule has 0 aliphatic carbocycles. The zero-order chi connectivity index (χ0) is 21.4. The van der Waals surface area contributed by atoms with Crippen LogP contribution in [0.3, 0.4) is 0 Å². The Bertz CT molecular complexity index is 1350. The molecule has 0 fully saturated rings. The first-order chi connectivity index (χ1) is 15.0. The van der Waals surface area contributed by atoms with E-state index in [-0.39, 0.29) is 5.41 Å². The van der Waals surface area contributed by atoms with Gasteiger partial charge in [0, 0.05) is 5.39 Å². The highest BCUT2D eigenvalue weighted by Crippen LogP contribution is 2.36. The molecule has 5 rings (SSSR count). The molecule has 0 unspecified atom stereocenters. The fraction of sp³-hybridized carbons (Fsp3) is 0.192. The number of tetrazole rings is 1. The smallest absolute Gasteiger partial charge is 0.180 e. The van der Waals surface area contributed by atoms with E-state index in [1.165, 1.54) is 5.56 Å². The van der Waals surface area contributed by atoms with Crippen molar-refractivity contribution in [3.8, 4) is 16.9 Å². The lowest BCUT2D eigenvalue weighted by atomic mass is 9.86. The first kappa shape index (κ1) is 19.2. The van der Waals surface area contributed by atoms with Crippen molar-refractivity contribution in [2.45, 2.75) is 32.8 Å². The summed E-state index contributed by atoms with van der Waals surface area (Å²) in [5.41, 5.74) is 6.38. The molecule has 3 aromatic carbocycles. The first-order valence-corrected chi connectivity index (χ1v) is 10.4. The molecule has 0 spiro atoms. The maximum Gasteiger partial charge on any atom is 0.180 e. The van der Waals surface area contributed by atoms with Crippen molar-refractivity contribution in [1.82, 2.24) is 20.0 Å². The predicted molar refractivity (Wildman–Crippen MR) is 123 cm³/mol. The van der Waals surface area contributed by atoms with Crippen molar-refractivity contribution in [2.24, 2.45) is 0 Å². The van der Waals surface area contributed by atoms with Crippen LogP contribution in [0.5, 0.6) is 5.75 Å². The molecule has 2 heterocycles. The third-order valence-electron chi connectivity index (χ3n) is 5.58. The number of pyridine rings is 1. The molecule has 0 saturated carbocycles. The minimum atomic E-state index is 0.119. The van der Waals surface area contributed by atoms with Crippen LogP contribution in [-0.2, 0) is 12.0 Å². The Kier molecular flexibility index (Phi) is 4.66. The zero-order valence-electron chi connectivity index (χ0n) is 17.9. The number of rotatable bonds is 4. The van der Waals surface area contributed by atoms with E-state index in [0.29, 0.717) is 12.3 Å². The molecule has 5 heteroatoms. The van der Waals surface area contributed by atoms with Crippen LogP contribution in [0.4, 0.5) is 0 Å². The molecule has 154 valence electrons. The number of nitrogens with zero attached hydrogens (tertiary/aromatic N) is 4. The van der Waals surface area contributed by atoms with E-state index >= 15 is 0 Å². The zero-order valence-corrected chi connectivity index (χ0v) is 17.9. The van der Waals surface area contributed by atoms with Crippen LogP contribution < -0.4 is 4.74 Å². The SMILES string of the molecule is CC(C)(C)c1ccc(-c2ccc(OCc3ccccc3)c3c2ccc2nnnn23)cc1. The van der Waals surface area contributed by atoms with Gasteiger partial charge in [-0.05, 0) is 62.4 Å². The summed E-state index contributed by atoms with van der Waals surface area (Å²) in [6.45, 7) is 7.16. The van der Waals surface area contributed by atoms with Crippen LogP contribution in [0, 0.1) is 0 Å². The van der Waals surface area contributed by atoms with E-state index < -0.39 is 0 Å². The predicted octanol–water partition coefficient (Wildman–Crippen LogP) is 5.82. The Morgan fingerprint density at radius 3 is 2.35 bits per heavy atom. The van der Waals surface area contributed by atoms with E-state index in [0.717, 1.165) is 33.3 Å². The Morgan fingerprint density at radius 1 is 0.839 bits per heavy atom. The van der Waals surface area contributed by atoms with Crippen LogP contribution in [-0.4, -0.2) is 20.0 Å². The molecule has 0 N–H and O–H groups in total. The van der Waals surface area contributed by atoms with Gasteiger partial charge in [0.05, 0.1) is 0 Å². The number of hydrogen-bond acceptors (Lipinski definition) is 4. The summed E-state index contributed by atoms with van der Waals surface area (Å²) in [4.78, 5) is 0. The van der Waals surface area contributed by atoms with Crippen LogP contribution in [0.15, 0.2) is 78.9 Å². The second kappa shape index (κ2) is 7.51. The fourth-order valence-electron chi connectivity index (χ4n) is 3.84. The van der Waals surface area contributed by atoms with Gasteiger partial charge in [0.1, 0.15) is 17.9 Å². The average molecular weight is 409 g/mol. The molecule has 0 aliphatic rings. The van der Waals surface area contributed by atoms with Gasteiger partial charge in [-0.2, -0.15) is 4.52 Å². The van der Waals surface area contributed by atoms with Crippen molar-refractivity contribution >= 4 is 16.6 Å². The van der Waals surface area contributed by atoms with Gasteiger partial charge in [-0.1, -0.05) is 75.4 Å². The summed E-state index contributed by atoms with van der Waals surface area (Å²) >= 11 is 0. The molecule has 31 heavy (non-hydrogen) atoms. The third kappa shape index (κ3) is 3.63. The Morgan fingerprint density at radius 2 is 1.61 bits per heavy atom. The lowest BCUT2D eigenvalue weighted by Gasteiger charge is -2.19. The van der Waals surface area contributed by atoms with Gasteiger partial charge >= 0.3 is 0 Å². The maximum absolute atomic E-state index is 6.22. The highest BCUT2D eigenvalue weighted by Gasteiger charge is 2.16. The van der Waals surface area contributed by atoms with Gasteiger partial charge in [-0.25, -0.2) is 0 Å². The van der Waals surface area contributed by atoms with E-state index in [4.69, 9.17) is 4.74 Å². The van der Waals surface area contributed by atoms with E-state index in [9.17, 15) is 0 Å². The summed E-state index contributed by atoms with van der Waals surface area (Å²) in [6.07, 6.45) is 0. The van der Waals surface area contributed by atoms with Crippen molar-refractivity contribution in [2.75, 3.05) is 0 Å². The number of fused-ring (bicyclic) bond motifs is 3. The minimum Gasteiger partial charge on any atom is -0.487 e. The molecule has 5 aromatic rings. The number of ether oxygens (including phenoxy) is 1. The van der Waals surface area contributed by atoms with Crippen molar-refractivity contribution in [3.63, 3.8) is 0 Å². The molecule has 0 atom stereocenters. The van der Waals surface area contributed by atoms with Gasteiger partial charge < -0.3 is 4.74 Å². The molecule has 0 radical (unpaired) electrons. The van der Waals surface area contributed by atoms with Gasteiger partial charge in [0.15, 0.2) is 5.65 Å². The molecular formula is C26H24N4O. The third-order valence-corrected chi connectivity index (χ3v) is 5.58. The number of benzene rings is 3. The lowest BCUT2D eigenvalue weighted by molar-refractivity contribution is 0.309. The summed E-state index contributed by atoms with van der Waals surface area (Å²) in [5.74, 6) is 0.756. The number of hydrogen-bond donors (Lipinski definition) is 0. The molecule has 0 amide bonds. The van der Waals surface area contributed by atoms with Gasteiger partial charge in [-0.15, -0.1) is 5.10 Å². The van der Waals surface area contributed by atoms with Crippen molar-refractivity contribution in [1.29, 1.82) is 0 Å². The molecule has 5 nitrogen and oxygen atoms in total. The second-order valence-electron chi connectivity index (χ2n) is 8.76. The number of aromatic nitrogens is 4. The highest BCUT2D eigenvalue weighted by atomic mass is 16.5. The van der Waals surface area contributed by atoms with E-state index in [1.807, 2.05) is 30.3 Å². The largest absolute Gasteiger partial charge is 0.487 e. The van der Waals surface area contributed by atoms with Crippen LogP contribution in [0.2, 0.25) is 0 Å². The summed E-state index contributed by atoms with van der Waals surface area (Å²) in [6, 6.07) is 27.1. The second-order valence-corrected chi connectivity index (χ2v) is 8.76. The first-order valence-electron chi connectivity index (χ1n) is 10.4. The fourth-order valence-corrected chi connectivity index (χ4v) is 3.84. The van der Waals surface area contributed by atoms with E-state index in [2.05, 4.69) is 84.8 Å². The average Bonchev–Trinajstić information content (AvgIpc) is 3.27. The Labute approximate surface area is 181 Å². The van der Waals surface area contributed by atoms with Gasteiger partial charge in [0.2, 0.25) is 0 Å². The maximum atomic E-state index is 6.22. The molecule has 0 aliphatic heterocycles.